The monoisotopic (exact) mass is 254 g/mol. The van der Waals surface area contributed by atoms with Gasteiger partial charge in [-0.25, -0.2) is 8.42 Å². The first-order chi connectivity index (χ1) is 7.91. The SMILES string of the molecule is CS(=O)(=O)c1cccc(O)c1-c1cnoc1N. The second kappa shape index (κ2) is 3.77. The van der Waals surface area contributed by atoms with E-state index in [2.05, 4.69) is 9.68 Å². The van der Waals surface area contributed by atoms with Crippen molar-refractivity contribution >= 4 is 15.7 Å². The quantitative estimate of drug-likeness (QED) is 0.829. The molecular weight excluding hydrogens is 244 g/mol. The van der Waals surface area contributed by atoms with Gasteiger partial charge < -0.3 is 15.4 Å². The number of hydrogen-bond donors (Lipinski definition) is 2. The van der Waals surface area contributed by atoms with Crippen molar-refractivity contribution in [3.8, 4) is 16.9 Å². The normalized spacial score (nSPS) is 11.6. The van der Waals surface area contributed by atoms with E-state index in [9.17, 15) is 13.5 Å². The molecule has 0 amide bonds. The van der Waals surface area contributed by atoms with E-state index in [-0.39, 0.29) is 27.7 Å². The van der Waals surface area contributed by atoms with E-state index >= 15 is 0 Å². The largest absolute Gasteiger partial charge is 0.507 e. The van der Waals surface area contributed by atoms with Crippen molar-refractivity contribution in [1.29, 1.82) is 0 Å². The summed E-state index contributed by atoms with van der Waals surface area (Å²) in [4.78, 5) is -0.0209. The van der Waals surface area contributed by atoms with E-state index in [4.69, 9.17) is 5.73 Å². The zero-order chi connectivity index (χ0) is 12.6. The van der Waals surface area contributed by atoms with E-state index in [0.29, 0.717) is 0 Å². The van der Waals surface area contributed by atoms with Crippen LogP contribution in [0.1, 0.15) is 0 Å². The summed E-state index contributed by atoms with van der Waals surface area (Å²) in [6.07, 6.45) is 2.31. The molecule has 0 radical (unpaired) electrons. The highest BCUT2D eigenvalue weighted by Gasteiger charge is 2.21. The summed E-state index contributed by atoms with van der Waals surface area (Å²) in [5.74, 6) is -0.237. The van der Waals surface area contributed by atoms with Crippen LogP contribution < -0.4 is 5.73 Å². The van der Waals surface area contributed by atoms with Gasteiger partial charge in [-0.3, -0.25) is 0 Å². The summed E-state index contributed by atoms with van der Waals surface area (Å²) in [6.45, 7) is 0. The molecule has 1 heterocycles. The Kier molecular flexibility index (Phi) is 2.55. The lowest BCUT2D eigenvalue weighted by Gasteiger charge is -2.08. The number of nitrogens with two attached hydrogens (primary N) is 1. The highest BCUT2D eigenvalue weighted by Crippen LogP contribution is 2.37. The van der Waals surface area contributed by atoms with Crippen LogP contribution in [-0.4, -0.2) is 24.9 Å². The summed E-state index contributed by atoms with van der Waals surface area (Å²) in [5, 5.41) is 13.2. The summed E-state index contributed by atoms with van der Waals surface area (Å²) >= 11 is 0. The van der Waals surface area contributed by atoms with Crippen molar-refractivity contribution in [1.82, 2.24) is 5.16 Å². The lowest BCUT2D eigenvalue weighted by molar-refractivity contribution is 0.436. The first-order valence-corrected chi connectivity index (χ1v) is 6.53. The van der Waals surface area contributed by atoms with Gasteiger partial charge in [0, 0.05) is 11.8 Å². The zero-order valence-electron chi connectivity index (χ0n) is 8.91. The van der Waals surface area contributed by atoms with Gasteiger partial charge in [0.1, 0.15) is 5.75 Å². The van der Waals surface area contributed by atoms with Gasteiger partial charge in [0.05, 0.1) is 16.7 Å². The molecule has 0 unspecified atom stereocenters. The van der Waals surface area contributed by atoms with E-state index < -0.39 is 9.84 Å². The molecule has 0 saturated heterocycles. The number of phenols is 1. The lowest BCUT2D eigenvalue weighted by Crippen LogP contribution is -2.00. The van der Waals surface area contributed by atoms with Gasteiger partial charge in [0.2, 0.25) is 5.88 Å². The first-order valence-electron chi connectivity index (χ1n) is 4.64. The molecule has 0 saturated carbocycles. The molecule has 0 atom stereocenters. The van der Waals surface area contributed by atoms with Crippen LogP contribution in [0.2, 0.25) is 0 Å². The Balaban J connectivity index is 2.82. The van der Waals surface area contributed by atoms with Gasteiger partial charge in [-0.1, -0.05) is 11.2 Å². The fraction of sp³-hybridized carbons (Fsp3) is 0.100. The number of aromatic hydroxyl groups is 1. The Morgan fingerprint density at radius 3 is 2.65 bits per heavy atom. The van der Waals surface area contributed by atoms with Gasteiger partial charge in [0.25, 0.3) is 0 Å². The van der Waals surface area contributed by atoms with Gasteiger partial charge >= 0.3 is 0 Å². The van der Waals surface area contributed by atoms with E-state index in [1.807, 2.05) is 0 Å². The topological polar surface area (TPSA) is 106 Å². The van der Waals surface area contributed by atoms with Crippen LogP contribution >= 0.6 is 0 Å². The summed E-state index contributed by atoms with van der Waals surface area (Å²) in [6, 6.07) is 4.20. The Labute approximate surface area is 97.6 Å². The molecule has 0 fully saturated rings. The van der Waals surface area contributed by atoms with Crippen molar-refractivity contribution in [3.63, 3.8) is 0 Å². The third kappa shape index (κ3) is 1.96. The molecule has 0 aliphatic rings. The molecular formula is C10H10N2O4S. The minimum Gasteiger partial charge on any atom is -0.507 e. The predicted octanol–water partition coefficient (Wildman–Crippen LogP) is 1.03. The van der Waals surface area contributed by atoms with Crippen molar-refractivity contribution in [2.24, 2.45) is 0 Å². The summed E-state index contributed by atoms with van der Waals surface area (Å²) in [7, 11) is -3.48. The van der Waals surface area contributed by atoms with Crippen LogP contribution in [0.3, 0.4) is 0 Å². The van der Waals surface area contributed by atoms with Gasteiger partial charge in [0.15, 0.2) is 9.84 Å². The standard InChI is InChI=1S/C10H10N2O4S/c1-17(14,15)8-4-2-3-7(13)9(8)6-5-12-16-10(6)11/h2-5,13H,11H2,1H3. The molecule has 0 aliphatic carbocycles. The van der Waals surface area contributed by atoms with Crippen LogP contribution in [0.4, 0.5) is 5.88 Å². The second-order valence-corrected chi connectivity index (χ2v) is 5.51. The minimum atomic E-state index is -3.48. The molecule has 17 heavy (non-hydrogen) atoms. The second-order valence-electron chi connectivity index (χ2n) is 3.53. The Bertz CT molecular complexity index is 661. The molecule has 3 N–H and O–H groups in total. The number of nitrogen functional groups attached to an aromatic ring is 1. The zero-order valence-corrected chi connectivity index (χ0v) is 9.73. The molecule has 90 valence electrons. The number of sulfone groups is 1. The number of phenolic OH excluding ortho intramolecular Hbond substituents is 1. The van der Waals surface area contributed by atoms with Crippen molar-refractivity contribution in [2.45, 2.75) is 4.90 Å². The summed E-state index contributed by atoms with van der Waals surface area (Å²) in [5.41, 5.74) is 5.88. The fourth-order valence-electron chi connectivity index (χ4n) is 1.54. The van der Waals surface area contributed by atoms with Crippen LogP contribution in [0.5, 0.6) is 5.75 Å². The molecule has 2 rings (SSSR count). The molecule has 0 bridgehead atoms. The molecule has 1 aromatic carbocycles. The van der Waals surface area contributed by atoms with Gasteiger partial charge in [-0.2, -0.15) is 0 Å². The van der Waals surface area contributed by atoms with Gasteiger partial charge in [-0.15, -0.1) is 0 Å². The molecule has 7 heteroatoms. The average Bonchev–Trinajstić information content (AvgIpc) is 2.62. The maximum atomic E-state index is 11.6. The molecule has 0 aliphatic heterocycles. The number of rotatable bonds is 2. The number of nitrogens with zero attached hydrogens (tertiary/aromatic N) is 1. The van der Waals surface area contributed by atoms with E-state index in [1.54, 1.807) is 0 Å². The van der Waals surface area contributed by atoms with Crippen molar-refractivity contribution in [3.05, 3.63) is 24.4 Å². The van der Waals surface area contributed by atoms with Gasteiger partial charge in [-0.05, 0) is 12.1 Å². The molecule has 0 spiro atoms. The van der Waals surface area contributed by atoms with Crippen molar-refractivity contribution < 1.29 is 18.0 Å². The number of hydrogen-bond acceptors (Lipinski definition) is 6. The van der Waals surface area contributed by atoms with E-state index in [0.717, 1.165) is 6.26 Å². The van der Waals surface area contributed by atoms with Crippen LogP contribution in [0.25, 0.3) is 11.1 Å². The average molecular weight is 254 g/mol. The lowest BCUT2D eigenvalue weighted by atomic mass is 10.1. The Morgan fingerprint density at radius 1 is 1.41 bits per heavy atom. The summed E-state index contributed by atoms with van der Waals surface area (Å²) < 4.78 is 27.9. The third-order valence-corrected chi connectivity index (χ3v) is 3.41. The Hall–Kier alpha value is -2.02. The predicted molar refractivity (Wildman–Crippen MR) is 61.1 cm³/mol. The first kappa shape index (κ1) is 11.5. The third-order valence-electron chi connectivity index (χ3n) is 2.27. The molecule has 1 aromatic heterocycles. The fourth-order valence-corrected chi connectivity index (χ4v) is 2.45. The number of benzene rings is 1. The molecule has 6 nitrogen and oxygen atoms in total. The smallest absolute Gasteiger partial charge is 0.230 e. The maximum Gasteiger partial charge on any atom is 0.230 e. The number of aromatic nitrogens is 1. The van der Waals surface area contributed by atoms with Crippen LogP contribution in [0.15, 0.2) is 33.8 Å². The van der Waals surface area contributed by atoms with Crippen LogP contribution in [0, 0.1) is 0 Å². The molecule has 2 aromatic rings. The van der Waals surface area contributed by atoms with Crippen LogP contribution in [-0.2, 0) is 9.84 Å². The Morgan fingerprint density at radius 2 is 2.12 bits per heavy atom. The number of anilines is 1. The van der Waals surface area contributed by atoms with E-state index in [1.165, 1.54) is 24.4 Å². The highest BCUT2D eigenvalue weighted by atomic mass is 32.2. The van der Waals surface area contributed by atoms with Crippen molar-refractivity contribution in [2.75, 3.05) is 12.0 Å². The minimum absolute atomic E-state index is 0.0209. The highest BCUT2D eigenvalue weighted by molar-refractivity contribution is 7.90. The maximum absolute atomic E-state index is 11.6.